The molecular formula is C18H27N5O2. The van der Waals surface area contributed by atoms with Crippen LogP contribution >= 0.6 is 0 Å². The number of aryl methyl sites for hydroxylation is 1. The lowest BCUT2D eigenvalue weighted by Crippen LogP contribution is -2.47. The maximum absolute atomic E-state index is 12.3. The Morgan fingerprint density at radius 1 is 1.32 bits per heavy atom. The van der Waals surface area contributed by atoms with Gasteiger partial charge < -0.3 is 10.2 Å². The molecule has 3 heterocycles. The predicted molar refractivity (Wildman–Crippen MR) is 96.0 cm³/mol. The van der Waals surface area contributed by atoms with E-state index in [0.29, 0.717) is 6.54 Å². The van der Waals surface area contributed by atoms with Crippen molar-refractivity contribution in [1.82, 2.24) is 19.6 Å². The Bertz CT molecular complexity index is 666. The molecule has 1 atom stereocenters. The standard InChI is InChI=1S/C18H27N5O2/c1-14(24)23-9-4-3-7-17(23)15-6-5-8-22(11-15)13-18(25)20-16-10-19-21(2)12-16/h6,10,12,17H,3-5,7-9,11,13H2,1-2H3,(H,20,25)/t17-/m1/s1. The van der Waals surface area contributed by atoms with Crippen molar-refractivity contribution in [3.8, 4) is 0 Å². The van der Waals surface area contributed by atoms with Gasteiger partial charge in [0.25, 0.3) is 0 Å². The second-order valence-electron chi connectivity index (χ2n) is 6.95. The summed E-state index contributed by atoms with van der Waals surface area (Å²) < 4.78 is 1.66. The molecule has 0 radical (unpaired) electrons. The molecule has 25 heavy (non-hydrogen) atoms. The summed E-state index contributed by atoms with van der Waals surface area (Å²) in [7, 11) is 1.82. The normalized spacial score (nSPS) is 21.8. The van der Waals surface area contributed by atoms with Crippen LogP contribution in [-0.2, 0) is 16.6 Å². The number of hydrogen-bond donors (Lipinski definition) is 1. The highest BCUT2D eigenvalue weighted by atomic mass is 16.2. The van der Waals surface area contributed by atoms with Crippen LogP contribution in [0.3, 0.4) is 0 Å². The van der Waals surface area contributed by atoms with E-state index in [1.54, 1.807) is 24.0 Å². The largest absolute Gasteiger partial charge is 0.336 e. The summed E-state index contributed by atoms with van der Waals surface area (Å²) >= 11 is 0. The molecule has 0 unspecified atom stereocenters. The van der Waals surface area contributed by atoms with Crippen molar-refractivity contribution in [3.05, 3.63) is 24.0 Å². The Kier molecular flexibility index (Phi) is 5.53. The molecule has 1 aromatic rings. The highest BCUT2D eigenvalue weighted by molar-refractivity contribution is 5.92. The molecule has 2 amide bonds. The van der Waals surface area contributed by atoms with Gasteiger partial charge in [0, 0.05) is 39.8 Å². The maximum atomic E-state index is 12.3. The Morgan fingerprint density at radius 2 is 2.16 bits per heavy atom. The summed E-state index contributed by atoms with van der Waals surface area (Å²) in [6.45, 7) is 4.49. The molecule has 7 heteroatoms. The highest BCUT2D eigenvalue weighted by Gasteiger charge is 2.29. The van der Waals surface area contributed by atoms with Gasteiger partial charge >= 0.3 is 0 Å². The van der Waals surface area contributed by atoms with E-state index in [1.165, 1.54) is 5.57 Å². The van der Waals surface area contributed by atoms with Crippen LogP contribution in [-0.4, -0.2) is 63.6 Å². The first kappa shape index (κ1) is 17.7. The van der Waals surface area contributed by atoms with Crippen molar-refractivity contribution in [3.63, 3.8) is 0 Å². The van der Waals surface area contributed by atoms with Crippen LogP contribution in [0.2, 0.25) is 0 Å². The predicted octanol–water partition coefficient (Wildman–Crippen LogP) is 1.39. The van der Waals surface area contributed by atoms with Crippen LogP contribution in [0.25, 0.3) is 0 Å². The monoisotopic (exact) mass is 345 g/mol. The third-order valence-corrected chi connectivity index (χ3v) is 4.95. The number of rotatable bonds is 4. The average Bonchev–Trinajstić information content (AvgIpc) is 2.99. The molecule has 1 saturated heterocycles. The zero-order valence-corrected chi connectivity index (χ0v) is 15.1. The minimum atomic E-state index is -0.0266. The summed E-state index contributed by atoms with van der Waals surface area (Å²) in [5, 5.41) is 6.94. The fourth-order valence-corrected chi connectivity index (χ4v) is 3.79. The number of likely N-dealkylation sites (tertiary alicyclic amines) is 1. The van der Waals surface area contributed by atoms with Crippen molar-refractivity contribution in [2.24, 2.45) is 7.05 Å². The van der Waals surface area contributed by atoms with Crippen LogP contribution in [0.1, 0.15) is 32.6 Å². The van der Waals surface area contributed by atoms with E-state index in [-0.39, 0.29) is 17.9 Å². The molecule has 2 aliphatic rings. The molecule has 7 nitrogen and oxygen atoms in total. The van der Waals surface area contributed by atoms with Gasteiger partial charge in [0.2, 0.25) is 11.8 Å². The number of aromatic nitrogens is 2. The first-order valence-electron chi connectivity index (χ1n) is 9.00. The minimum absolute atomic E-state index is 0.0266. The summed E-state index contributed by atoms with van der Waals surface area (Å²) in [4.78, 5) is 28.4. The molecule has 136 valence electrons. The van der Waals surface area contributed by atoms with Crippen LogP contribution < -0.4 is 5.32 Å². The molecule has 2 aliphatic heterocycles. The number of carbonyl (C=O) groups is 2. The number of nitrogens with zero attached hydrogens (tertiary/aromatic N) is 4. The van der Waals surface area contributed by atoms with Crippen LogP contribution in [0, 0.1) is 0 Å². The fraction of sp³-hybridized carbons (Fsp3) is 0.611. The van der Waals surface area contributed by atoms with Gasteiger partial charge in [0.1, 0.15) is 0 Å². The zero-order valence-electron chi connectivity index (χ0n) is 15.1. The zero-order chi connectivity index (χ0) is 17.8. The third kappa shape index (κ3) is 4.48. The lowest BCUT2D eigenvalue weighted by molar-refractivity contribution is -0.131. The van der Waals surface area contributed by atoms with E-state index in [0.717, 1.165) is 51.0 Å². The Balaban J connectivity index is 1.57. The second kappa shape index (κ2) is 7.82. The molecule has 0 bridgehead atoms. The lowest BCUT2D eigenvalue weighted by atomic mass is 9.92. The number of nitrogens with one attached hydrogen (secondary N) is 1. The number of amides is 2. The van der Waals surface area contributed by atoms with E-state index in [4.69, 9.17) is 0 Å². The fourth-order valence-electron chi connectivity index (χ4n) is 3.79. The van der Waals surface area contributed by atoms with Crippen LogP contribution in [0.15, 0.2) is 24.0 Å². The number of anilines is 1. The van der Waals surface area contributed by atoms with E-state index in [9.17, 15) is 9.59 Å². The average molecular weight is 345 g/mol. The van der Waals surface area contributed by atoms with Crippen molar-refractivity contribution < 1.29 is 9.59 Å². The Labute approximate surface area is 148 Å². The molecule has 0 saturated carbocycles. The maximum Gasteiger partial charge on any atom is 0.238 e. The molecule has 0 spiro atoms. The lowest BCUT2D eigenvalue weighted by Gasteiger charge is -2.39. The van der Waals surface area contributed by atoms with Gasteiger partial charge in [-0.05, 0) is 31.3 Å². The summed E-state index contributed by atoms with van der Waals surface area (Å²) in [6, 6.07) is 0.204. The van der Waals surface area contributed by atoms with Gasteiger partial charge in [-0.3, -0.25) is 19.2 Å². The SMILES string of the molecule is CC(=O)N1CCCC[C@@H]1C1=CCCN(CC(=O)Nc2cnn(C)c2)C1. The van der Waals surface area contributed by atoms with Crippen LogP contribution in [0.5, 0.6) is 0 Å². The highest BCUT2D eigenvalue weighted by Crippen LogP contribution is 2.26. The Hall–Kier alpha value is -2.15. The van der Waals surface area contributed by atoms with E-state index in [2.05, 4.69) is 21.4 Å². The van der Waals surface area contributed by atoms with Crippen LogP contribution in [0.4, 0.5) is 5.69 Å². The summed E-state index contributed by atoms with van der Waals surface area (Å²) in [5.74, 6) is 0.123. The summed E-state index contributed by atoms with van der Waals surface area (Å²) in [6.07, 6.45) is 9.90. The minimum Gasteiger partial charge on any atom is -0.336 e. The van der Waals surface area contributed by atoms with E-state index >= 15 is 0 Å². The van der Waals surface area contributed by atoms with E-state index < -0.39 is 0 Å². The number of piperidine rings is 1. The first-order valence-corrected chi connectivity index (χ1v) is 9.00. The Morgan fingerprint density at radius 3 is 2.88 bits per heavy atom. The number of hydrogen-bond acceptors (Lipinski definition) is 4. The van der Waals surface area contributed by atoms with Crippen molar-refractivity contribution in [1.29, 1.82) is 0 Å². The molecule has 0 aliphatic carbocycles. The van der Waals surface area contributed by atoms with Crippen molar-refractivity contribution in [2.75, 3.05) is 31.5 Å². The molecule has 1 fully saturated rings. The van der Waals surface area contributed by atoms with Gasteiger partial charge in [0.05, 0.1) is 24.5 Å². The molecule has 1 N–H and O–H groups in total. The molecular weight excluding hydrogens is 318 g/mol. The van der Waals surface area contributed by atoms with Gasteiger partial charge in [-0.1, -0.05) is 6.08 Å². The summed E-state index contributed by atoms with van der Waals surface area (Å²) in [5.41, 5.74) is 2.01. The van der Waals surface area contributed by atoms with Gasteiger partial charge in [-0.15, -0.1) is 0 Å². The van der Waals surface area contributed by atoms with Gasteiger partial charge in [0.15, 0.2) is 0 Å². The van der Waals surface area contributed by atoms with Gasteiger partial charge in [-0.2, -0.15) is 5.10 Å². The first-order chi connectivity index (χ1) is 12.0. The van der Waals surface area contributed by atoms with Crippen molar-refractivity contribution >= 4 is 17.5 Å². The van der Waals surface area contributed by atoms with E-state index in [1.807, 2.05) is 11.9 Å². The molecule has 0 aromatic carbocycles. The number of carbonyl (C=O) groups excluding carboxylic acids is 2. The second-order valence-corrected chi connectivity index (χ2v) is 6.95. The third-order valence-electron chi connectivity index (χ3n) is 4.95. The molecule has 3 rings (SSSR count). The quantitative estimate of drug-likeness (QED) is 0.837. The van der Waals surface area contributed by atoms with Gasteiger partial charge in [-0.25, -0.2) is 0 Å². The smallest absolute Gasteiger partial charge is 0.238 e. The molecule has 1 aromatic heterocycles. The van der Waals surface area contributed by atoms with Crippen molar-refractivity contribution in [2.45, 2.75) is 38.6 Å². The topological polar surface area (TPSA) is 70.5 Å².